The van der Waals surface area contributed by atoms with Crippen LogP contribution in [-0.2, 0) is 6.54 Å². The van der Waals surface area contributed by atoms with Gasteiger partial charge in [0.1, 0.15) is 0 Å². The third-order valence-corrected chi connectivity index (χ3v) is 4.01. The number of likely N-dealkylation sites (tertiary alicyclic amines) is 1. The summed E-state index contributed by atoms with van der Waals surface area (Å²) in [4.78, 5) is 2.53. The summed E-state index contributed by atoms with van der Waals surface area (Å²) in [5.74, 6) is 0.556. The van der Waals surface area contributed by atoms with Crippen molar-refractivity contribution >= 4 is 11.8 Å². The van der Waals surface area contributed by atoms with Crippen LogP contribution in [0, 0.1) is 5.92 Å². The molecular formula is C13H17F3N2S. The van der Waals surface area contributed by atoms with Crippen molar-refractivity contribution < 1.29 is 13.2 Å². The van der Waals surface area contributed by atoms with Crippen molar-refractivity contribution in [1.82, 2.24) is 4.90 Å². The molecule has 0 aliphatic carbocycles. The molecular weight excluding hydrogens is 273 g/mol. The van der Waals surface area contributed by atoms with Gasteiger partial charge in [-0.25, -0.2) is 0 Å². The first-order chi connectivity index (χ1) is 8.96. The van der Waals surface area contributed by atoms with E-state index in [1.807, 2.05) is 0 Å². The van der Waals surface area contributed by atoms with E-state index >= 15 is 0 Å². The van der Waals surface area contributed by atoms with Crippen LogP contribution >= 0.6 is 11.8 Å². The van der Waals surface area contributed by atoms with Gasteiger partial charge < -0.3 is 5.73 Å². The minimum absolute atomic E-state index is 0.0739. The Bertz CT molecular complexity index is 405. The van der Waals surface area contributed by atoms with Crippen LogP contribution in [0.2, 0.25) is 0 Å². The molecule has 19 heavy (non-hydrogen) atoms. The lowest BCUT2D eigenvalue weighted by Gasteiger charge is -2.16. The average Bonchev–Trinajstić information content (AvgIpc) is 2.77. The lowest BCUT2D eigenvalue weighted by Crippen LogP contribution is -2.22. The highest BCUT2D eigenvalue weighted by Gasteiger charge is 2.29. The van der Waals surface area contributed by atoms with Gasteiger partial charge in [0.05, 0.1) is 0 Å². The maximum absolute atomic E-state index is 12.2. The lowest BCUT2D eigenvalue weighted by atomic mass is 10.1. The number of nitrogens with zero attached hydrogens (tertiary/aromatic N) is 1. The summed E-state index contributed by atoms with van der Waals surface area (Å²) in [6.45, 7) is 3.49. The number of rotatable bonds is 4. The average molecular weight is 290 g/mol. The highest BCUT2D eigenvalue weighted by Crippen LogP contribution is 2.36. The Morgan fingerprint density at radius 1 is 1.26 bits per heavy atom. The fraction of sp³-hybridized carbons (Fsp3) is 0.538. The standard InChI is InChI=1S/C13H17F3N2S/c14-13(15,16)19-12-3-1-10(2-4-12)8-18-6-5-11(7-17)9-18/h1-4,11H,5-9,17H2. The molecule has 0 spiro atoms. The topological polar surface area (TPSA) is 29.3 Å². The third-order valence-electron chi connectivity index (χ3n) is 3.27. The van der Waals surface area contributed by atoms with Crippen molar-refractivity contribution in [3.8, 4) is 0 Å². The van der Waals surface area contributed by atoms with Gasteiger partial charge in [-0.1, -0.05) is 12.1 Å². The Kier molecular flexibility index (Phi) is 4.76. The monoisotopic (exact) mass is 290 g/mol. The summed E-state index contributed by atoms with van der Waals surface area (Å²) in [5.41, 5.74) is 2.46. The third kappa shape index (κ3) is 4.71. The molecule has 1 fully saturated rings. The second kappa shape index (κ2) is 6.15. The van der Waals surface area contributed by atoms with E-state index in [2.05, 4.69) is 4.90 Å². The van der Waals surface area contributed by atoms with Crippen molar-refractivity contribution in [3.05, 3.63) is 29.8 Å². The minimum Gasteiger partial charge on any atom is -0.330 e. The summed E-state index contributed by atoms with van der Waals surface area (Å²) in [5, 5.41) is 0. The fourth-order valence-electron chi connectivity index (χ4n) is 2.30. The predicted octanol–water partition coefficient (Wildman–Crippen LogP) is 3.08. The van der Waals surface area contributed by atoms with Gasteiger partial charge in [-0.3, -0.25) is 4.90 Å². The molecule has 6 heteroatoms. The molecule has 2 N–H and O–H groups in total. The van der Waals surface area contributed by atoms with Crippen LogP contribution in [0.1, 0.15) is 12.0 Å². The van der Waals surface area contributed by atoms with E-state index in [1.54, 1.807) is 12.1 Å². The van der Waals surface area contributed by atoms with Gasteiger partial charge in [0.25, 0.3) is 0 Å². The van der Waals surface area contributed by atoms with E-state index < -0.39 is 5.51 Å². The molecule has 0 radical (unpaired) electrons. The van der Waals surface area contributed by atoms with Crippen molar-refractivity contribution in [2.75, 3.05) is 19.6 Å². The van der Waals surface area contributed by atoms with Gasteiger partial charge in [0.2, 0.25) is 0 Å². The van der Waals surface area contributed by atoms with Crippen LogP contribution in [0.5, 0.6) is 0 Å². The first-order valence-corrected chi connectivity index (χ1v) is 7.05. The van der Waals surface area contributed by atoms with Gasteiger partial charge in [-0.05, 0) is 54.9 Å². The number of nitrogens with two attached hydrogens (primary N) is 1. The molecule has 0 saturated carbocycles. The number of halogens is 3. The van der Waals surface area contributed by atoms with Crippen LogP contribution in [0.25, 0.3) is 0 Å². The van der Waals surface area contributed by atoms with E-state index in [4.69, 9.17) is 5.73 Å². The van der Waals surface area contributed by atoms with Crippen LogP contribution in [-0.4, -0.2) is 30.0 Å². The van der Waals surface area contributed by atoms with Gasteiger partial charge in [0.15, 0.2) is 0 Å². The molecule has 1 aromatic rings. The second-order valence-corrected chi connectivity index (χ2v) is 5.96. The van der Waals surface area contributed by atoms with E-state index in [-0.39, 0.29) is 16.7 Å². The van der Waals surface area contributed by atoms with Gasteiger partial charge in [-0.2, -0.15) is 13.2 Å². The van der Waals surface area contributed by atoms with E-state index in [0.717, 1.165) is 31.6 Å². The zero-order valence-electron chi connectivity index (χ0n) is 10.5. The first-order valence-electron chi connectivity index (χ1n) is 6.23. The Hall–Kier alpha value is -0.720. The van der Waals surface area contributed by atoms with Gasteiger partial charge in [0, 0.05) is 18.0 Å². The van der Waals surface area contributed by atoms with Crippen molar-refractivity contribution in [2.45, 2.75) is 23.4 Å². The molecule has 0 bridgehead atoms. The van der Waals surface area contributed by atoms with Crippen LogP contribution < -0.4 is 5.73 Å². The van der Waals surface area contributed by atoms with Crippen LogP contribution in [0.4, 0.5) is 13.2 Å². The summed E-state index contributed by atoms with van der Waals surface area (Å²) >= 11 is -0.0739. The number of hydrogen-bond acceptors (Lipinski definition) is 3. The van der Waals surface area contributed by atoms with Crippen LogP contribution in [0.15, 0.2) is 29.2 Å². The maximum Gasteiger partial charge on any atom is 0.446 e. The smallest absolute Gasteiger partial charge is 0.330 e. The van der Waals surface area contributed by atoms with E-state index in [9.17, 15) is 13.2 Å². The number of hydrogen-bond donors (Lipinski definition) is 1. The second-order valence-electron chi connectivity index (χ2n) is 4.82. The summed E-state index contributed by atoms with van der Waals surface area (Å²) in [6.07, 6.45) is 1.11. The summed E-state index contributed by atoms with van der Waals surface area (Å²) < 4.78 is 36.6. The molecule has 1 heterocycles. The molecule has 106 valence electrons. The largest absolute Gasteiger partial charge is 0.446 e. The Balaban J connectivity index is 1.89. The van der Waals surface area contributed by atoms with Crippen molar-refractivity contribution in [3.63, 3.8) is 0 Å². The predicted molar refractivity (Wildman–Crippen MR) is 70.8 cm³/mol. The normalized spacial score (nSPS) is 20.9. The molecule has 1 aliphatic rings. The molecule has 1 atom stereocenters. The molecule has 0 aromatic heterocycles. The van der Waals surface area contributed by atoms with Gasteiger partial charge in [-0.15, -0.1) is 0 Å². The van der Waals surface area contributed by atoms with E-state index in [0.29, 0.717) is 12.5 Å². The Morgan fingerprint density at radius 2 is 1.95 bits per heavy atom. The highest BCUT2D eigenvalue weighted by molar-refractivity contribution is 8.00. The highest BCUT2D eigenvalue weighted by atomic mass is 32.2. The van der Waals surface area contributed by atoms with Crippen molar-refractivity contribution in [2.24, 2.45) is 11.7 Å². The number of benzene rings is 1. The molecule has 2 nitrogen and oxygen atoms in total. The van der Waals surface area contributed by atoms with Gasteiger partial charge >= 0.3 is 5.51 Å². The molecule has 1 aliphatic heterocycles. The maximum atomic E-state index is 12.2. The molecule has 1 saturated heterocycles. The quantitative estimate of drug-likeness (QED) is 0.864. The summed E-state index contributed by atoms with van der Waals surface area (Å²) in [7, 11) is 0. The zero-order chi connectivity index (χ0) is 13.9. The summed E-state index contributed by atoms with van der Waals surface area (Å²) in [6, 6.07) is 6.60. The SMILES string of the molecule is NCC1CCN(Cc2ccc(SC(F)(F)F)cc2)C1. The Labute approximate surface area is 115 Å². The first kappa shape index (κ1) is 14.7. The molecule has 2 rings (SSSR count). The van der Waals surface area contributed by atoms with Crippen LogP contribution in [0.3, 0.4) is 0 Å². The Morgan fingerprint density at radius 3 is 2.47 bits per heavy atom. The zero-order valence-corrected chi connectivity index (χ0v) is 11.3. The lowest BCUT2D eigenvalue weighted by molar-refractivity contribution is -0.0328. The fourth-order valence-corrected chi connectivity index (χ4v) is 2.84. The number of thioether (sulfide) groups is 1. The number of alkyl halides is 3. The van der Waals surface area contributed by atoms with Crippen molar-refractivity contribution in [1.29, 1.82) is 0 Å². The molecule has 0 amide bonds. The van der Waals surface area contributed by atoms with E-state index in [1.165, 1.54) is 12.1 Å². The molecule has 1 unspecified atom stereocenters. The minimum atomic E-state index is -4.22. The molecule has 1 aromatic carbocycles.